The van der Waals surface area contributed by atoms with Crippen LogP contribution in [0.25, 0.3) is 0 Å². The highest BCUT2D eigenvalue weighted by Crippen LogP contribution is 2.12. The van der Waals surface area contributed by atoms with Gasteiger partial charge in [0.2, 0.25) is 0 Å². The molecular weight excluding hydrogens is 384 g/mol. The number of ether oxygens (including phenoxy) is 3. The molecule has 10 nitrogen and oxygen atoms in total. The van der Waals surface area contributed by atoms with Crippen molar-refractivity contribution in [2.24, 2.45) is 23.3 Å². The molecule has 0 aliphatic heterocycles. The second kappa shape index (κ2) is 13.9. The standard InChI is InChI=1S/C19H34N2O8/c1-5-11(3)16(20)18(25)27-10-9-15(28-14(24)8-7-13(22)23)29-19(26)17(21)12(4)6-2/h11-12,15-17H,5-10,20-21H2,1-4H3,(H,22,23)/t11-,12-,15?,16-,17-/m0/s1. The van der Waals surface area contributed by atoms with Gasteiger partial charge in [-0.25, -0.2) is 0 Å². The molecule has 0 aromatic heterocycles. The molecule has 0 aliphatic carbocycles. The fraction of sp³-hybridized carbons (Fsp3) is 0.789. The fourth-order valence-corrected chi connectivity index (χ4v) is 2.09. The van der Waals surface area contributed by atoms with Crippen molar-refractivity contribution in [1.82, 2.24) is 0 Å². The van der Waals surface area contributed by atoms with Crippen molar-refractivity contribution in [2.45, 2.75) is 78.2 Å². The van der Waals surface area contributed by atoms with Gasteiger partial charge in [0, 0.05) is 0 Å². The lowest BCUT2D eigenvalue weighted by Gasteiger charge is -2.23. The van der Waals surface area contributed by atoms with Gasteiger partial charge < -0.3 is 30.8 Å². The number of rotatable bonds is 14. The molecule has 0 saturated carbocycles. The summed E-state index contributed by atoms with van der Waals surface area (Å²) >= 11 is 0. The molecule has 0 radical (unpaired) electrons. The minimum atomic E-state index is -1.36. The Morgan fingerprint density at radius 2 is 1.38 bits per heavy atom. The van der Waals surface area contributed by atoms with Crippen molar-refractivity contribution in [3.63, 3.8) is 0 Å². The first-order chi connectivity index (χ1) is 13.5. The van der Waals surface area contributed by atoms with Gasteiger partial charge in [0.05, 0.1) is 25.9 Å². The summed E-state index contributed by atoms with van der Waals surface area (Å²) in [6.07, 6.45) is -0.956. The van der Waals surface area contributed by atoms with E-state index in [4.69, 9.17) is 30.8 Å². The van der Waals surface area contributed by atoms with Crippen LogP contribution in [0.15, 0.2) is 0 Å². The number of nitrogens with two attached hydrogens (primary N) is 2. The molecule has 0 saturated heterocycles. The SMILES string of the molecule is CC[C@H](C)[C@H](N)C(=O)OCCC(OC(=O)CCC(=O)O)OC(=O)[C@@H](N)[C@@H](C)CC. The highest BCUT2D eigenvalue weighted by molar-refractivity contribution is 5.78. The smallest absolute Gasteiger partial charge is 0.326 e. The largest absolute Gasteiger partial charge is 0.481 e. The summed E-state index contributed by atoms with van der Waals surface area (Å²) < 4.78 is 15.2. The van der Waals surface area contributed by atoms with E-state index in [0.717, 1.165) is 0 Å². The summed E-state index contributed by atoms with van der Waals surface area (Å²) in [7, 11) is 0. The minimum Gasteiger partial charge on any atom is -0.481 e. The van der Waals surface area contributed by atoms with Crippen molar-refractivity contribution >= 4 is 23.9 Å². The number of esters is 3. The molecule has 0 bridgehead atoms. The number of aliphatic carboxylic acids is 1. The van der Waals surface area contributed by atoms with Crippen LogP contribution < -0.4 is 11.5 Å². The Morgan fingerprint density at radius 1 is 0.862 bits per heavy atom. The van der Waals surface area contributed by atoms with Crippen LogP contribution in [0.4, 0.5) is 0 Å². The predicted octanol–water partition coefficient (Wildman–Crippen LogP) is 0.944. The van der Waals surface area contributed by atoms with E-state index in [0.29, 0.717) is 12.8 Å². The first-order valence-corrected chi connectivity index (χ1v) is 9.82. The van der Waals surface area contributed by atoms with Crippen LogP contribution in [0.3, 0.4) is 0 Å². The summed E-state index contributed by atoms with van der Waals surface area (Å²) in [5.41, 5.74) is 11.6. The summed E-state index contributed by atoms with van der Waals surface area (Å²) in [5, 5.41) is 8.64. The van der Waals surface area contributed by atoms with Gasteiger partial charge in [-0.3, -0.25) is 19.2 Å². The number of carboxylic acids is 1. The fourth-order valence-electron chi connectivity index (χ4n) is 2.09. The van der Waals surface area contributed by atoms with E-state index in [2.05, 4.69) is 0 Å². The van der Waals surface area contributed by atoms with Crippen LogP contribution >= 0.6 is 0 Å². The zero-order valence-electron chi connectivity index (χ0n) is 17.6. The maximum atomic E-state index is 12.2. The van der Waals surface area contributed by atoms with E-state index in [1.165, 1.54) is 0 Å². The second-order valence-electron chi connectivity index (χ2n) is 7.03. The number of hydrogen-bond acceptors (Lipinski definition) is 9. The average Bonchev–Trinajstić information content (AvgIpc) is 2.69. The van der Waals surface area contributed by atoms with E-state index in [-0.39, 0.29) is 31.3 Å². The first kappa shape index (κ1) is 26.8. The number of carbonyl (C=O) groups is 4. The number of hydrogen-bond donors (Lipinski definition) is 3. The molecule has 0 aliphatic rings. The molecule has 0 aromatic carbocycles. The average molecular weight is 418 g/mol. The van der Waals surface area contributed by atoms with Crippen molar-refractivity contribution < 1.29 is 38.5 Å². The van der Waals surface area contributed by atoms with Gasteiger partial charge in [-0.1, -0.05) is 40.5 Å². The molecule has 0 amide bonds. The van der Waals surface area contributed by atoms with E-state index in [9.17, 15) is 19.2 Å². The van der Waals surface area contributed by atoms with Crippen LogP contribution in [0.2, 0.25) is 0 Å². The third kappa shape index (κ3) is 10.8. The van der Waals surface area contributed by atoms with Crippen LogP contribution in [-0.2, 0) is 33.4 Å². The Kier molecular flexibility index (Phi) is 12.8. The summed E-state index contributed by atoms with van der Waals surface area (Å²) in [4.78, 5) is 46.5. The predicted molar refractivity (Wildman–Crippen MR) is 103 cm³/mol. The lowest BCUT2D eigenvalue weighted by atomic mass is 10.0. The van der Waals surface area contributed by atoms with Crippen molar-refractivity contribution in [2.75, 3.05) is 6.61 Å². The zero-order valence-corrected chi connectivity index (χ0v) is 17.6. The van der Waals surface area contributed by atoms with Crippen LogP contribution in [0.1, 0.15) is 59.8 Å². The Labute approximate surface area is 171 Å². The Bertz CT molecular complexity index is 554. The molecule has 0 heterocycles. The highest BCUT2D eigenvalue weighted by Gasteiger charge is 2.27. The van der Waals surface area contributed by atoms with Crippen LogP contribution in [0, 0.1) is 11.8 Å². The molecule has 0 aromatic rings. The van der Waals surface area contributed by atoms with E-state index >= 15 is 0 Å². The van der Waals surface area contributed by atoms with Gasteiger partial charge in [-0.2, -0.15) is 0 Å². The Hall–Kier alpha value is -2.20. The monoisotopic (exact) mass is 418 g/mol. The van der Waals surface area contributed by atoms with Crippen molar-refractivity contribution in [1.29, 1.82) is 0 Å². The zero-order chi connectivity index (χ0) is 22.6. The minimum absolute atomic E-state index is 0.0708. The van der Waals surface area contributed by atoms with E-state index in [1.54, 1.807) is 6.92 Å². The lowest BCUT2D eigenvalue weighted by Crippen LogP contribution is -2.41. The van der Waals surface area contributed by atoms with Gasteiger partial charge in [-0.15, -0.1) is 0 Å². The quantitative estimate of drug-likeness (QED) is 0.273. The summed E-state index contributed by atoms with van der Waals surface area (Å²) in [5.74, 6) is -3.63. The third-order valence-electron chi connectivity index (χ3n) is 4.71. The number of carbonyl (C=O) groups excluding carboxylic acids is 3. The molecule has 5 atom stereocenters. The molecule has 29 heavy (non-hydrogen) atoms. The van der Waals surface area contributed by atoms with Gasteiger partial charge in [0.15, 0.2) is 0 Å². The maximum absolute atomic E-state index is 12.2. The topological polar surface area (TPSA) is 168 Å². The lowest BCUT2D eigenvalue weighted by molar-refractivity contribution is -0.193. The maximum Gasteiger partial charge on any atom is 0.326 e. The molecule has 168 valence electrons. The third-order valence-corrected chi connectivity index (χ3v) is 4.71. The van der Waals surface area contributed by atoms with Gasteiger partial charge in [-0.05, 0) is 11.8 Å². The number of carboxylic acid groups (broad SMARTS) is 1. The molecule has 5 N–H and O–H groups in total. The normalized spacial score (nSPS) is 16.1. The summed E-state index contributed by atoms with van der Waals surface area (Å²) in [6, 6.07) is -1.71. The second-order valence-corrected chi connectivity index (χ2v) is 7.03. The van der Waals surface area contributed by atoms with Crippen molar-refractivity contribution in [3.8, 4) is 0 Å². The molecule has 10 heteroatoms. The van der Waals surface area contributed by atoms with Gasteiger partial charge >= 0.3 is 23.9 Å². The van der Waals surface area contributed by atoms with Gasteiger partial charge in [0.25, 0.3) is 6.29 Å². The summed E-state index contributed by atoms with van der Waals surface area (Å²) in [6.45, 7) is 7.15. The first-order valence-electron chi connectivity index (χ1n) is 9.82. The Morgan fingerprint density at radius 3 is 1.86 bits per heavy atom. The van der Waals surface area contributed by atoms with Crippen LogP contribution in [0.5, 0.6) is 0 Å². The molecule has 0 spiro atoms. The Balaban J connectivity index is 4.86. The van der Waals surface area contributed by atoms with Gasteiger partial charge in [0.1, 0.15) is 12.1 Å². The van der Waals surface area contributed by atoms with Crippen molar-refractivity contribution in [3.05, 3.63) is 0 Å². The molecule has 0 fully saturated rings. The van der Waals surface area contributed by atoms with Crippen LogP contribution in [-0.4, -0.2) is 54.0 Å². The molecule has 0 rings (SSSR count). The molecule has 1 unspecified atom stereocenters. The van der Waals surface area contributed by atoms with E-state index < -0.39 is 48.7 Å². The highest BCUT2D eigenvalue weighted by atomic mass is 16.7. The molecular formula is C19H34N2O8. The van der Waals surface area contributed by atoms with E-state index in [1.807, 2.05) is 20.8 Å².